The number of carbonyl (C=O) groups excluding carboxylic acids is 1. The van der Waals surface area contributed by atoms with Gasteiger partial charge in [-0.05, 0) is 61.4 Å². The van der Waals surface area contributed by atoms with Crippen molar-refractivity contribution in [3.8, 4) is 5.69 Å². The summed E-state index contributed by atoms with van der Waals surface area (Å²) in [7, 11) is 0. The second-order valence-corrected chi connectivity index (χ2v) is 10.3. The molecule has 0 spiro atoms. The van der Waals surface area contributed by atoms with Crippen LogP contribution in [0.5, 0.6) is 0 Å². The van der Waals surface area contributed by atoms with Crippen LogP contribution < -0.4 is 10.9 Å². The van der Waals surface area contributed by atoms with E-state index in [1.807, 2.05) is 6.92 Å². The number of nitrogens with one attached hydrogen (secondary N) is 1. The molecule has 0 aliphatic rings. The minimum Gasteiger partial charge on any atom is -0.325 e. The van der Waals surface area contributed by atoms with Gasteiger partial charge in [-0.15, -0.1) is 11.3 Å². The van der Waals surface area contributed by atoms with E-state index in [9.17, 15) is 9.59 Å². The Balaban J connectivity index is 1.72. The smallest absolute Gasteiger partial charge is 0.267 e. The predicted octanol–water partition coefficient (Wildman–Crippen LogP) is 6.75. The topological polar surface area (TPSA) is 64.0 Å². The minimum absolute atomic E-state index is 0.0875. The lowest BCUT2D eigenvalue weighted by Crippen LogP contribution is -2.22. The van der Waals surface area contributed by atoms with Gasteiger partial charge in [0.05, 0.1) is 16.8 Å². The van der Waals surface area contributed by atoms with Crippen LogP contribution in [0.25, 0.3) is 15.9 Å². The molecule has 4 rings (SSSR count). The lowest BCUT2D eigenvalue weighted by atomic mass is 10.1. The number of carbonyl (C=O) groups is 1. The van der Waals surface area contributed by atoms with Gasteiger partial charge in [-0.2, -0.15) is 0 Å². The molecule has 0 saturated heterocycles. The van der Waals surface area contributed by atoms with E-state index in [1.54, 1.807) is 64.4 Å². The highest BCUT2D eigenvalue weighted by molar-refractivity contribution is 7.99. The Bertz CT molecular complexity index is 1380. The Kier molecular flexibility index (Phi) is 7.44. The Morgan fingerprint density at radius 1 is 1.15 bits per heavy atom. The van der Waals surface area contributed by atoms with Crippen molar-refractivity contribution in [2.75, 3.05) is 11.1 Å². The number of nitrogens with zero attached hydrogens (tertiary/aromatic N) is 2. The second kappa shape index (κ2) is 10.3. The van der Waals surface area contributed by atoms with Crippen LogP contribution in [0.1, 0.15) is 23.8 Å². The zero-order chi connectivity index (χ0) is 23.5. The van der Waals surface area contributed by atoms with Crippen LogP contribution in [-0.4, -0.2) is 21.2 Å². The van der Waals surface area contributed by atoms with Crippen molar-refractivity contribution in [2.45, 2.75) is 31.8 Å². The molecule has 0 unspecified atom stereocenters. The summed E-state index contributed by atoms with van der Waals surface area (Å²) in [4.78, 5) is 32.9. The normalized spacial score (nSPS) is 11.2. The zero-order valence-corrected chi connectivity index (χ0v) is 21.2. The van der Waals surface area contributed by atoms with Gasteiger partial charge in [0.15, 0.2) is 5.16 Å². The summed E-state index contributed by atoms with van der Waals surface area (Å²) < 4.78 is 1.56. The number of hydrogen-bond acceptors (Lipinski definition) is 5. The van der Waals surface area contributed by atoms with E-state index >= 15 is 0 Å². The highest BCUT2D eigenvalue weighted by Gasteiger charge is 2.20. The van der Waals surface area contributed by atoms with Gasteiger partial charge in [0.25, 0.3) is 5.56 Å². The Morgan fingerprint density at radius 3 is 2.61 bits per heavy atom. The van der Waals surface area contributed by atoms with Crippen LogP contribution in [0.2, 0.25) is 10.0 Å². The zero-order valence-electron chi connectivity index (χ0n) is 18.0. The third-order valence-electron chi connectivity index (χ3n) is 5.04. The van der Waals surface area contributed by atoms with E-state index in [-0.39, 0.29) is 17.2 Å². The summed E-state index contributed by atoms with van der Waals surface area (Å²) in [6.45, 7) is 4.09. The summed E-state index contributed by atoms with van der Waals surface area (Å²) in [6.07, 6.45) is 1.89. The Morgan fingerprint density at radius 2 is 1.91 bits per heavy atom. The molecule has 5 nitrogen and oxygen atoms in total. The number of fused-ring (bicyclic) bond motifs is 1. The maximum Gasteiger partial charge on any atom is 0.267 e. The fraction of sp³-hybridized carbons (Fsp3) is 0.208. The van der Waals surface area contributed by atoms with Crippen LogP contribution in [0.3, 0.4) is 0 Å². The van der Waals surface area contributed by atoms with Crippen LogP contribution >= 0.6 is 46.3 Å². The van der Waals surface area contributed by atoms with Crippen molar-refractivity contribution in [3.05, 3.63) is 79.4 Å². The van der Waals surface area contributed by atoms with Crippen LogP contribution in [0.15, 0.2) is 58.5 Å². The van der Waals surface area contributed by atoms with Gasteiger partial charge < -0.3 is 5.32 Å². The molecule has 2 aromatic carbocycles. The molecule has 1 amide bonds. The monoisotopic (exact) mass is 517 g/mol. The van der Waals surface area contributed by atoms with E-state index in [4.69, 9.17) is 28.2 Å². The SMILES string of the molecule is CCCc1sc2nc(SCC(=O)Nc3cccc(Cl)c3)n(-c3ccc(Cl)cc3)c(=O)c2c1C. The second-order valence-electron chi connectivity index (χ2n) is 7.44. The molecule has 0 radical (unpaired) electrons. The average Bonchev–Trinajstić information content (AvgIpc) is 3.09. The standard InChI is InChI=1S/C24H21Cl2N3O2S2/c1-3-5-19-14(2)21-22(33-19)28-24(29(23(21)31)18-10-8-15(25)9-11-18)32-13-20(30)27-17-7-4-6-16(26)12-17/h4,6-12H,3,5,13H2,1-2H3,(H,27,30). The van der Waals surface area contributed by atoms with Crippen molar-refractivity contribution >= 4 is 68.1 Å². The molecule has 1 N–H and O–H groups in total. The molecule has 0 atom stereocenters. The Labute approximate surface area is 209 Å². The molecule has 2 aromatic heterocycles. The van der Waals surface area contributed by atoms with Crippen LogP contribution in [-0.2, 0) is 11.2 Å². The summed E-state index contributed by atoms with van der Waals surface area (Å²) >= 11 is 14.8. The number of amides is 1. The van der Waals surface area contributed by atoms with Crippen LogP contribution in [0, 0.1) is 6.92 Å². The number of benzene rings is 2. The molecule has 4 aromatic rings. The fourth-order valence-corrected chi connectivity index (χ4v) is 5.93. The summed E-state index contributed by atoms with van der Waals surface area (Å²) in [5.74, 6) is -0.127. The number of thiophene rings is 1. The largest absolute Gasteiger partial charge is 0.325 e. The van der Waals surface area contributed by atoms with Gasteiger partial charge in [0, 0.05) is 20.6 Å². The van der Waals surface area contributed by atoms with Gasteiger partial charge in [-0.25, -0.2) is 4.98 Å². The molecule has 0 bridgehead atoms. The fourth-order valence-electron chi connectivity index (χ4n) is 3.48. The highest BCUT2D eigenvalue weighted by Crippen LogP contribution is 2.31. The van der Waals surface area contributed by atoms with Gasteiger partial charge in [-0.1, -0.05) is 54.4 Å². The quantitative estimate of drug-likeness (QED) is 0.217. The van der Waals surface area contributed by atoms with Crippen molar-refractivity contribution in [1.82, 2.24) is 9.55 Å². The number of hydrogen-bond donors (Lipinski definition) is 1. The molecule has 0 aliphatic heterocycles. The van der Waals surface area contributed by atoms with Crippen molar-refractivity contribution in [1.29, 1.82) is 0 Å². The number of halogens is 2. The van der Waals surface area contributed by atoms with Crippen molar-refractivity contribution in [2.24, 2.45) is 0 Å². The number of rotatable bonds is 7. The van der Waals surface area contributed by atoms with Gasteiger partial charge in [0.2, 0.25) is 5.91 Å². The molecular weight excluding hydrogens is 497 g/mol. The molecule has 33 heavy (non-hydrogen) atoms. The van der Waals surface area contributed by atoms with Crippen LogP contribution in [0.4, 0.5) is 5.69 Å². The lowest BCUT2D eigenvalue weighted by molar-refractivity contribution is -0.113. The van der Waals surface area contributed by atoms with E-state index < -0.39 is 0 Å². The molecule has 0 saturated carbocycles. The molecule has 0 fully saturated rings. The molecule has 170 valence electrons. The van der Waals surface area contributed by atoms with E-state index in [1.165, 1.54) is 16.6 Å². The average molecular weight is 518 g/mol. The Hall–Kier alpha value is -2.32. The molecule has 0 aliphatic carbocycles. The third-order valence-corrected chi connectivity index (χ3v) is 7.71. The number of aryl methyl sites for hydroxylation is 2. The number of anilines is 1. The molecule has 2 heterocycles. The first-order valence-corrected chi connectivity index (χ1v) is 12.9. The van der Waals surface area contributed by atoms with Gasteiger partial charge in [-0.3, -0.25) is 14.2 Å². The minimum atomic E-state index is -0.215. The first-order valence-electron chi connectivity index (χ1n) is 10.4. The molecular formula is C24H21Cl2N3O2S2. The highest BCUT2D eigenvalue weighted by atomic mass is 35.5. The summed E-state index contributed by atoms with van der Waals surface area (Å²) in [6, 6.07) is 14.0. The maximum atomic E-state index is 13.6. The van der Waals surface area contributed by atoms with Gasteiger partial charge in [0.1, 0.15) is 4.83 Å². The van der Waals surface area contributed by atoms with E-state index in [2.05, 4.69) is 12.2 Å². The first kappa shape index (κ1) is 23.8. The van der Waals surface area contributed by atoms with E-state index in [0.717, 1.165) is 18.4 Å². The molecule has 9 heteroatoms. The maximum absolute atomic E-state index is 13.6. The summed E-state index contributed by atoms with van der Waals surface area (Å²) in [5, 5.41) is 5.04. The number of thioether (sulfide) groups is 1. The number of aromatic nitrogens is 2. The summed E-state index contributed by atoms with van der Waals surface area (Å²) in [5.41, 5.74) is 2.10. The lowest BCUT2D eigenvalue weighted by Gasteiger charge is -2.12. The van der Waals surface area contributed by atoms with Gasteiger partial charge >= 0.3 is 0 Å². The predicted molar refractivity (Wildman–Crippen MR) is 140 cm³/mol. The van der Waals surface area contributed by atoms with Crippen molar-refractivity contribution in [3.63, 3.8) is 0 Å². The third kappa shape index (κ3) is 5.27. The first-order chi connectivity index (χ1) is 15.9. The van der Waals surface area contributed by atoms with Crippen molar-refractivity contribution < 1.29 is 4.79 Å². The van der Waals surface area contributed by atoms with E-state index in [0.29, 0.717) is 36.8 Å².